The average molecular weight is 326 g/mol. The van der Waals surface area contributed by atoms with Crippen LogP contribution in [0.5, 0.6) is 0 Å². The molecule has 0 aromatic heterocycles. The van der Waals surface area contributed by atoms with Gasteiger partial charge in [-0.05, 0) is 49.8 Å². The molecule has 1 spiro atoms. The van der Waals surface area contributed by atoms with E-state index >= 15 is 0 Å². The standard InChI is InChI=1S/C20H26N2O2/c23-18(20-7-3-4-15(20)12-21-13-20)22-14-19(8-10-24-11-9-19)16-5-1-2-6-17(16)22/h1-2,5-6,15,21H,3-4,7-14H2/t15-,20-/m1/s1. The molecule has 0 unspecified atom stereocenters. The number of anilines is 1. The fourth-order valence-corrected chi connectivity index (χ4v) is 5.77. The minimum atomic E-state index is -0.149. The van der Waals surface area contributed by atoms with E-state index in [1.54, 1.807) is 0 Å². The molecule has 24 heavy (non-hydrogen) atoms. The molecule has 4 nitrogen and oxygen atoms in total. The van der Waals surface area contributed by atoms with Gasteiger partial charge in [0.05, 0.1) is 5.41 Å². The van der Waals surface area contributed by atoms with Crippen LogP contribution in [-0.4, -0.2) is 38.8 Å². The van der Waals surface area contributed by atoms with Gasteiger partial charge in [-0.15, -0.1) is 0 Å². The van der Waals surface area contributed by atoms with Gasteiger partial charge in [-0.2, -0.15) is 0 Å². The van der Waals surface area contributed by atoms with Crippen LogP contribution in [0.3, 0.4) is 0 Å². The summed E-state index contributed by atoms with van der Waals surface area (Å²) in [6.07, 6.45) is 5.52. The highest BCUT2D eigenvalue weighted by Crippen LogP contribution is 2.52. The molecule has 1 amide bonds. The summed E-state index contributed by atoms with van der Waals surface area (Å²) in [5.74, 6) is 0.911. The number of hydrogen-bond donors (Lipinski definition) is 1. The van der Waals surface area contributed by atoms with E-state index in [1.165, 1.54) is 18.4 Å². The Bertz CT molecular complexity index is 655. The summed E-state index contributed by atoms with van der Waals surface area (Å²) in [4.78, 5) is 15.8. The van der Waals surface area contributed by atoms with E-state index in [0.717, 1.165) is 57.8 Å². The highest BCUT2D eigenvalue weighted by atomic mass is 16.5. The maximum absolute atomic E-state index is 13.7. The molecule has 128 valence electrons. The minimum Gasteiger partial charge on any atom is -0.381 e. The highest BCUT2D eigenvalue weighted by molar-refractivity contribution is 6.01. The van der Waals surface area contributed by atoms with Gasteiger partial charge < -0.3 is 15.0 Å². The van der Waals surface area contributed by atoms with Gasteiger partial charge in [0.25, 0.3) is 0 Å². The number of nitrogens with zero attached hydrogens (tertiary/aromatic N) is 1. The largest absolute Gasteiger partial charge is 0.381 e. The Balaban J connectivity index is 1.54. The average Bonchev–Trinajstić information content (AvgIpc) is 3.28. The van der Waals surface area contributed by atoms with Crippen LogP contribution in [-0.2, 0) is 14.9 Å². The van der Waals surface area contributed by atoms with Crippen LogP contribution in [0.15, 0.2) is 24.3 Å². The number of nitrogens with one attached hydrogen (secondary N) is 1. The molecule has 2 atom stereocenters. The first-order chi connectivity index (χ1) is 11.8. The maximum Gasteiger partial charge on any atom is 0.234 e. The van der Waals surface area contributed by atoms with E-state index in [2.05, 4.69) is 34.5 Å². The van der Waals surface area contributed by atoms with E-state index in [-0.39, 0.29) is 10.8 Å². The van der Waals surface area contributed by atoms with Crippen LogP contribution >= 0.6 is 0 Å². The Labute approximate surface area is 143 Å². The minimum absolute atomic E-state index is 0.112. The lowest BCUT2D eigenvalue weighted by molar-refractivity contribution is -0.128. The van der Waals surface area contributed by atoms with E-state index in [9.17, 15) is 4.79 Å². The predicted molar refractivity (Wildman–Crippen MR) is 93.2 cm³/mol. The first-order valence-electron chi connectivity index (χ1n) is 9.45. The Kier molecular flexibility index (Phi) is 3.29. The van der Waals surface area contributed by atoms with Gasteiger partial charge in [-0.3, -0.25) is 4.79 Å². The van der Waals surface area contributed by atoms with Crippen molar-refractivity contribution in [1.29, 1.82) is 0 Å². The summed E-state index contributed by atoms with van der Waals surface area (Å²) in [5.41, 5.74) is 2.50. The fraction of sp³-hybridized carbons (Fsp3) is 0.650. The quantitative estimate of drug-likeness (QED) is 0.862. The number of rotatable bonds is 1. The molecule has 2 saturated heterocycles. The highest BCUT2D eigenvalue weighted by Gasteiger charge is 2.56. The second-order valence-corrected chi connectivity index (χ2v) is 8.18. The number of amides is 1. The first-order valence-corrected chi connectivity index (χ1v) is 9.45. The molecule has 3 aliphatic heterocycles. The molecule has 3 heterocycles. The third kappa shape index (κ3) is 1.90. The number of para-hydroxylation sites is 1. The molecule has 1 N–H and O–H groups in total. The molecular formula is C20H26N2O2. The number of hydrogen-bond acceptors (Lipinski definition) is 3. The molecule has 1 aromatic rings. The number of ether oxygens (including phenoxy) is 1. The molecule has 0 radical (unpaired) electrons. The lowest BCUT2D eigenvalue weighted by Gasteiger charge is -2.36. The van der Waals surface area contributed by atoms with Crippen molar-refractivity contribution >= 4 is 11.6 Å². The van der Waals surface area contributed by atoms with Gasteiger partial charge in [-0.1, -0.05) is 24.6 Å². The Morgan fingerprint density at radius 1 is 1.21 bits per heavy atom. The molecular weight excluding hydrogens is 300 g/mol. The van der Waals surface area contributed by atoms with Crippen molar-refractivity contribution in [3.8, 4) is 0 Å². The molecule has 4 aliphatic rings. The molecule has 1 aromatic carbocycles. The van der Waals surface area contributed by atoms with E-state index in [4.69, 9.17) is 4.74 Å². The van der Waals surface area contributed by atoms with Crippen molar-refractivity contribution in [2.45, 2.75) is 37.5 Å². The SMILES string of the molecule is O=C(N1CC2(CCOCC2)c2ccccc21)[C@@]12CCC[C@@H]1CNC2. The summed E-state index contributed by atoms with van der Waals surface area (Å²) >= 11 is 0. The maximum atomic E-state index is 13.7. The number of fused-ring (bicyclic) bond motifs is 3. The van der Waals surface area contributed by atoms with Crippen LogP contribution in [0.4, 0.5) is 5.69 Å². The monoisotopic (exact) mass is 326 g/mol. The van der Waals surface area contributed by atoms with Gasteiger partial charge in [0.2, 0.25) is 5.91 Å². The van der Waals surface area contributed by atoms with Crippen molar-refractivity contribution in [3.63, 3.8) is 0 Å². The van der Waals surface area contributed by atoms with Gasteiger partial charge in [0.1, 0.15) is 0 Å². The number of benzene rings is 1. The molecule has 5 rings (SSSR count). The summed E-state index contributed by atoms with van der Waals surface area (Å²) in [6.45, 7) is 4.35. The van der Waals surface area contributed by atoms with Crippen molar-refractivity contribution < 1.29 is 9.53 Å². The topological polar surface area (TPSA) is 41.6 Å². The van der Waals surface area contributed by atoms with Crippen molar-refractivity contribution in [3.05, 3.63) is 29.8 Å². The molecule has 1 saturated carbocycles. The number of carbonyl (C=O) groups is 1. The van der Waals surface area contributed by atoms with E-state index < -0.39 is 0 Å². The second kappa shape index (κ2) is 5.30. The van der Waals surface area contributed by atoms with Crippen LogP contribution in [0.25, 0.3) is 0 Å². The first kappa shape index (κ1) is 14.9. The number of carbonyl (C=O) groups excluding carboxylic acids is 1. The van der Waals surface area contributed by atoms with Crippen LogP contribution in [0, 0.1) is 11.3 Å². The zero-order chi connectivity index (χ0) is 16.2. The third-order valence-electron chi connectivity index (χ3n) is 7.14. The molecule has 3 fully saturated rings. The zero-order valence-electron chi connectivity index (χ0n) is 14.2. The summed E-state index contributed by atoms with van der Waals surface area (Å²) in [6, 6.07) is 8.59. The Morgan fingerprint density at radius 2 is 2.04 bits per heavy atom. The van der Waals surface area contributed by atoms with E-state index in [0.29, 0.717) is 11.8 Å². The van der Waals surface area contributed by atoms with Crippen LogP contribution in [0.2, 0.25) is 0 Å². The van der Waals surface area contributed by atoms with Crippen LogP contribution in [0.1, 0.15) is 37.7 Å². The third-order valence-corrected chi connectivity index (χ3v) is 7.14. The van der Waals surface area contributed by atoms with Crippen molar-refractivity contribution in [2.24, 2.45) is 11.3 Å². The normalized spacial score (nSPS) is 33.7. The van der Waals surface area contributed by atoms with Crippen LogP contribution < -0.4 is 10.2 Å². The fourth-order valence-electron chi connectivity index (χ4n) is 5.77. The zero-order valence-corrected chi connectivity index (χ0v) is 14.2. The van der Waals surface area contributed by atoms with Crippen molar-refractivity contribution in [1.82, 2.24) is 5.32 Å². The van der Waals surface area contributed by atoms with Gasteiger partial charge in [0, 0.05) is 37.4 Å². The molecule has 0 bridgehead atoms. The Hall–Kier alpha value is -1.39. The van der Waals surface area contributed by atoms with Gasteiger partial charge in [-0.25, -0.2) is 0 Å². The Morgan fingerprint density at radius 3 is 2.92 bits per heavy atom. The van der Waals surface area contributed by atoms with Gasteiger partial charge >= 0.3 is 0 Å². The lowest BCUT2D eigenvalue weighted by atomic mass is 9.75. The smallest absolute Gasteiger partial charge is 0.234 e. The second-order valence-electron chi connectivity index (χ2n) is 8.18. The summed E-state index contributed by atoms with van der Waals surface area (Å²) in [5, 5.41) is 3.50. The molecule has 1 aliphatic carbocycles. The van der Waals surface area contributed by atoms with Gasteiger partial charge in [0.15, 0.2) is 0 Å². The van der Waals surface area contributed by atoms with Crippen molar-refractivity contribution in [2.75, 3.05) is 37.7 Å². The van der Waals surface area contributed by atoms with E-state index in [1.807, 2.05) is 0 Å². The lowest BCUT2D eigenvalue weighted by Crippen LogP contribution is -2.49. The summed E-state index contributed by atoms with van der Waals surface area (Å²) in [7, 11) is 0. The summed E-state index contributed by atoms with van der Waals surface area (Å²) < 4.78 is 5.62. The predicted octanol–water partition coefficient (Wildman–Crippen LogP) is 2.47. The molecule has 4 heteroatoms.